The predicted molar refractivity (Wildman–Crippen MR) is 93.7 cm³/mol. The van der Waals surface area contributed by atoms with Crippen LogP contribution in [0.3, 0.4) is 0 Å². The first-order valence-corrected chi connectivity index (χ1v) is 9.09. The van der Waals surface area contributed by atoms with E-state index in [0.717, 1.165) is 37.9 Å². The summed E-state index contributed by atoms with van der Waals surface area (Å²) < 4.78 is 0. The Labute approximate surface area is 144 Å². The summed E-state index contributed by atoms with van der Waals surface area (Å²) in [6.45, 7) is 2.72. The van der Waals surface area contributed by atoms with E-state index in [1.54, 1.807) is 0 Å². The third-order valence-electron chi connectivity index (χ3n) is 5.02. The van der Waals surface area contributed by atoms with E-state index in [2.05, 4.69) is 5.32 Å². The van der Waals surface area contributed by atoms with Crippen LogP contribution in [0.2, 0.25) is 0 Å². The van der Waals surface area contributed by atoms with Gasteiger partial charge in [0, 0.05) is 32.2 Å². The van der Waals surface area contributed by atoms with Crippen LogP contribution in [0.4, 0.5) is 4.79 Å². The molecule has 0 atom stereocenters. The van der Waals surface area contributed by atoms with Crippen LogP contribution in [0.1, 0.15) is 37.7 Å². The summed E-state index contributed by atoms with van der Waals surface area (Å²) >= 11 is 0. The summed E-state index contributed by atoms with van der Waals surface area (Å²) in [6.07, 6.45) is 5.91. The Hall–Kier alpha value is -2.04. The molecular formula is C19H27N3O2. The highest BCUT2D eigenvalue weighted by Crippen LogP contribution is 2.18. The van der Waals surface area contributed by atoms with Gasteiger partial charge in [-0.3, -0.25) is 4.79 Å². The molecule has 5 nitrogen and oxygen atoms in total. The molecule has 24 heavy (non-hydrogen) atoms. The molecule has 3 amide bonds. The van der Waals surface area contributed by atoms with E-state index in [1.165, 1.54) is 12.8 Å². The van der Waals surface area contributed by atoms with Crippen LogP contribution in [0.25, 0.3) is 0 Å². The monoisotopic (exact) mass is 329 g/mol. The lowest BCUT2D eigenvalue weighted by Crippen LogP contribution is -2.45. The van der Waals surface area contributed by atoms with Crippen LogP contribution < -0.4 is 5.32 Å². The molecule has 1 saturated heterocycles. The average molecular weight is 329 g/mol. The Morgan fingerprint density at radius 2 is 1.58 bits per heavy atom. The molecule has 0 bridgehead atoms. The minimum absolute atomic E-state index is 0.0410. The highest BCUT2D eigenvalue weighted by molar-refractivity contribution is 5.79. The molecule has 0 aromatic heterocycles. The van der Waals surface area contributed by atoms with E-state index in [1.807, 2.05) is 40.1 Å². The third-order valence-corrected chi connectivity index (χ3v) is 5.02. The molecule has 0 radical (unpaired) electrons. The van der Waals surface area contributed by atoms with Crippen molar-refractivity contribution in [1.82, 2.24) is 15.1 Å². The van der Waals surface area contributed by atoms with Crippen molar-refractivity contribution >= 4 is 11.9 Å². The second kappa shape index (κ2) is 8.18. The van der Waals surface area contributed by atoms with Gasteiger partial charge in [0.05, 0.1) is 6.42 Å². The SMILES string of the molecule is O=C(Cc1ccccc1)N1CCCN(C(=O)NC2CCCC2)CC1. The highest BCUT2D eigenvalue weighted by atomic mass is 16.2. The van der Waals surface area contributed by atoms with Gasteiger partial charge in [0.25, 0.3) is 0 Å². The zero-order valence-electron chi connectivity index (χ0n) is 14.2. The number of nitrogens with one attached hydrogen (secondary N) is 1. The number of rotatable bonds is 3. The van der Waals surface area contributed by atoms with E-state index in [-0.39, 0.29) is 11.9 Å². The van der Waals surface area contributed by atoms with Gasteiger partial charge in [-0.25, -0.2) is 4.79 Å². The van der Waals surface area contributed by atoms with Gasteiger partial charge in [-0.15, -0.1) is 0 Å². The Kier molecular flexibility index (Phi) is 5.72. The molecule has 5 heteroatoms. The van der Waals surface area contributed by atoms with Crippen LogP contribution in [-0.2, 0) is 11.2 Å². The third kappa shape index (κ3) is 4.49. The molecule has 3 rings (SSSR count). The van der Waals surface area contributed by atoms with Gasteiger partial charge < -0.3 is 15.1 Å². The molecule has 1 heterocycles. The number of benzene rings is 1. The summed E-state index contributed by atoms with van der Waals surface area (Å²) in [4.78, 5) is 28.6. The predicted octanol–water partition coefficient (Wildman–Crippen LogP) is 2.42. The van der Waals surface area contributed by atoms with Crippen molar-refractivity contribution < 1.29 is 9.59 Å². The van der Waals surface area contributed by atoms with E-state index in [4.69, 9.17) is 0 Å². The van der Waals surface area contributed by atoms with E-state index < -0.39 is 0 Å². The van der Waals surface area contributed by atoms with Crippen molar-refractivity contribution in [1.29, 1.82) is 0 Å². The van der Waals surface area contributed by atoms with Gasteiger partial charge >= 0.3 is 6.03 Å². The lowest BCUT2D eigenvalue weighted by Gasteiger charge is -2.24. The molecule has 1 aliphatic heterocycles. The maximum atomic E-state index is 12.5. The molecule has 0 spiro atoms. The largest absolute Gasteiger partial charge is 0.341 e. The summed E-state index contributed by atoms with van der Waals surface area (Å²) in [5, 5.41) is 3.14. The van der Waals surface area contributed by atoms with Crippen molar-refractivity contribution in [3.63, 3.8) is 0 Å². The molecule has 0 unspecified atom stereocenters. The maximum Gasteiger partial charge on any atom is 0.317 e. The summed E-state index contributed by atoms with van der Waals surface area (Å²) in [5.74, 6) is 0.152. The van der Waals surface area contributed by atoms with Gasteiger partial charge in [-0.05, 0) is 24.8 Å². The second-order valence-electron chi connectivity index (χ2n) is 6.81. The van der Waals surface area contributed by atoms with Gasteiger partial charge in [-0.1, -0.05) is 43.2 Å². The average Bonchev–Trinajstić information content (AvgIpc) is 2.96. The van der Waals surface area contributed by atoms with Gasteiger partial charge in [0.15, 0.2) is 0 Å². The van der Waals surface area contributed by atoms with E-state index >= 15 is 0 Å². The number of carbonyl (C=O) groups excluding carboxylic acids is 2. The number of hydrogen-bond acceptors (Lipinski definition) is 2. The van der Waals surface area contributed by atoms with E-state index in [0.29, 0.717) is 25.6 Å². The molecule has 1 saturated carbocycles. The van der Waals surface area contributed by atoms with Crippen LogP contribution in [-0.4, -0.2) is 54.0 Å². The fraction of sp³-hybridized carbons (Fsp3) is 0.579. The van der Waals surface area contributed by atoms with Crippen LogP contribution in [0.5, 0.6) is 0 Å². The topological polar surface area (TPSA) is 52.7 Å². The molecule has 1 aromatic carbocycles. The molecule has 130 valence electrons. The molecular weight excluding hydrogens is 302 g/mol. The maximum absolute atomic E-state index is 12.5. The first kappa shape index (κ1) is 16.8. The number of carbonyl (C=O) groups is 2. The van der Waals surface area contributed by atoms with Crippen LogP contribution in [0.15, 0.2) is 30.3 Å². The normalized spacial score (nSPS) is 19.2. The van der Waals surface area contributed by atoms with Crippen molar-refractivity contribution in [3.05, 3.63) is 35.9 Å². The minimum atomic E-state index is 0.0410. The van der Waals surface area contributed by atoms with Crippen molar-refractivity contribution in [2.75, 3.05) is 26.2 Å². The van der Waals surface area contributed by atoms with Crippen molar-refractivity contribution in [3.8, 4) is 0 Å². The van der Waals surface area contributed by atoms with Crippen molar-refractivity contribution in [2.24, 2.45) is 0 Å². The zero-order chi connectivity index (χ0) is 16.8. The molecule has 2 aliphatic rings. The minimum Gasteiger partial charge on any atom is -0.341 e. The number of hydrogen-bond donors (Lipinski definition) is 1. The molecule has 2 fully saturated rings. The Bertz CT molecular complexity index is 555. The Morgan fingerprint density at radius 3 is 2.33 bits per heavy atom. The first-order valence-electron chi connectivity index (χ1n) is 9.09. The van der Waals surface area contributed by atoms with E-state index in [9.17, 15) is 9.59 Å². The molecule has 1 aromatic rings. The van der Waals surface area contributed by atoms with Gasteiger partial charge in [0.1, 0.15) is 0 Å². The summed E-state index contributed by atoms with van der Waals surface area (Å²) in [7, 11) is 0. The molecule has 1 aliphatic carbocycles. The highest BCUT2D eigenvalue weighted by Gasteiger charge is 2.24. The van der Waals surface area contributed by atoms with Gasteiger partial charge in [0.2, 0.25) is 5.91 Å². The number of amides is 3. The van der Waals surface area contributed by atoms with Crippen LogP contribution in [0, 0.1) is 0 Å². The summed E-state index contributed by atoms with van der Waals surface area (Å²) in [6, 6.07) is 10.2. The Balaban J connectivity index is 1.49. The first-order chi connectivity index (χ1) is 11.7. The number of urea groups is 1. The zero-order valence-corrected chi connectivity index (χ0v) is 14.2. The standard InChI is InChI=1S/C19H27N3O2/c23-18(15-16-7-2-1-3-8-16)21-11-6-12-22(14-13-21)19(24)20-17-9-4-5-10-17/h1-3,7-8,17H,4-6,9-15H2,(H,20,24). The quantitative estimate of drug-likeness (QED) is 0.926. The fourth-order valence-electron chi connectivity index (χ4n) is 3.59. The second-order valence-corrected chi connectivity index (χ2v) is 6.81. The lowest BCUT2D eigenvalue weighted by atomic mass is 10.1. The van der Waals surface area contributed by atoms with Gasteiger partial charge in [-0.2, -0.15) is 0 Å². The Morgan fingerprint density at radius 1 is 0.917 bits per heavy atom. The molecule has 1 N–H and O–H groups in total. The fourth-order valence-corrected chi connectivity index (χ4v) is 3.59. The smallest absolute Gasteiger partial charge is 0.317 e. The number of nitrogens with zero attached hydrogens (tertiary/aromatic N) is 2. The van der Waals surface area contributed by atoms with Crippen LogP contribution >= 0.6 is 0 Å². The van der Waals surface area contributed by atoms with Crippen molar-refractivity contribution in [2.45, 2.75) is 44.6 Å². The lowest BCUT2D eigenvalue weighted by molar-refractivity contribution is -0.130. The summed E-state index contributed by atoms with van der Waals surface area (Å²) in [5.41, 5.74) is 1.04.